The van der Waals surface area contributed by atoms with Gasteiger partial charge in [0.15, 0.2) is 0 Å². The Bertz CT molecular complexity index is 1020. The zero-order chi connectivity index (χ0) is 43.1. The van der Waals surface area contributed by atoms with E-state index in [2.05, 4.69) is 58.6 Å². The van der Waals surface area contributed by atoms with Crippen LogP contribution >= 0.6 is 0 Å². The molecule has 1 aliphatic heterocycles. The summed E-state index contributed by atoms with van der Waals surface area (Å²) in [7, 11) is 0. The first kappa shape index (κ1) is 54.7. The van der Waals surface area contributed by atoms with Crippen molar-refractivity contribution in [2.24, 2.45) is 11.8 Å². The third-order valence-corrected chi connectivity index (χ3v) is 13.8. The first-order valence-corrected chi connectivity index (χ1v) is 26.9. The fourth-order valence-electron chi connectivity index (χ4n) is 9.54. The molecule has 1 fully saturated rings. The van der Waals surface area contributed by atoms with E-state index in [0.29, 0.717) is 18.3 Å². The lowest BCUT2D eigenvalue weighted by Crippen LogP contribution is -2.33. The van der Waals surface area contributed by atoms with E-state index in [1.165, 1.54) is 180 Å². The summed E-state index contributed by atoms with van der Waals surface area (Å²) in [5.41, 5.74) is 0. The lowest BCUT2D eigenvalue weighted by molar-refractivity contribution is -0.119. The van der Waals surface area contributed by atoms with E-state index in [9.17, 15) is 4.79 Å². The van der Waals surface area contributed by atoms with Crippen LogP contribution in [0.15, 0.2) is 36.6 Å². The van der Waals surface area contributed by atoms with Crippen LogP contribution in [0, 0.1) is 11.8 Å². The van der Waals surface area contributed by atoms with Gasteiger partial charge in [-0.15, -0.1) is 0 Å². The maximum Gasteiger partial charge on any atom is 0.132 e. The summed E-state index contributed by atoms with van der Waals surface area (Å²) in [6.07, 6.45) is 56.3. The van der Waals surface area contributed by atoms with Gasteiger partial charge in [0.2, 0.25) is 0 Å². The average molecular weight is 839 g/mol. The normalized spacial score (nSPS) is 21.2. The lowest BCUT2D eigenvalue weighted by Gasteiger charge is -2.35. The molecule has 2 rings (SSSR count). The number of ether oxygens (including phenoxy) is 3. The van der Waals surface area contributed by atoms with Gasteiger partial charge < -0.3 is 14.2 Å². The molecule has 4 unspecified atom stereocenters. The van der Waals surface area contributed by atoms with Gasteiger partial charge in [-0.25, -0.2) is 0 Å². The van der Waals surface area contributed by atoms with Crippen molar-refractivity contribution in [3.8, 4) is 0 Å². The first-order valence-electron chi connectivity index (χ1n) is 26.9. The zero-order valence-electron chi connectivity index (χ0n) is 40.7. The maximum absolute atomic E-state index is 13.1. The Hall–Kier alpha value is -1.39. The summed E-state index contributed by atoms with van der Waals surface area (Å²) in [5, 5.41) is 0. The predicted octanol–water partition coefficient (Wildman–Crippen LogP) is 17.9. The van der Waals surface area contributed by atoms with Crippen LogP contribution in [0.25, 0.3) is 0 Å². The Labute approximate surface area is 374 Å². The van der Waals surface area contributed by atoms with Crippen molar-refractivity contribution in [3.05, 3.63) is 36.6 Å². The van der Waals surface area contributed by atoms with Gasteiger partial charge in [0, 0.05) is 31.8 Å². The molecule has 0 amide bonds. The summed E-state index contributed by atoms with van der Waals surface area (Å²) in [5.74, 6) is 2.37. The second-order valence-electron chi connectivity index (χ2n) is 19.3. The molecule has 0 aromatic rings. The van der Waals surface area contributed by atoms with Gasteiger partial charge in [0.05, 0.1) is 30.2 Å². The van der Waals surface area contributed by atoms with Crippen molar-refractivity contribution in [2.45, 2.75) is 296 Å². The number of rotatable bonds is 42. The highest BCUT2D eigenvalue weighted by molar-refractivity contribution is 5.78. The summed E-state index contributed by atoms with van der Waals surface area (Å²) in [4.78, 5) is 13.1. The van der Waals surface area contributed by atoms with Crippen LogP contribution < -0.4 is 0 Å². The number of hydrogen-bond donors (Lipinski definition) is 0. The minimum atomic E-state index is 0.0118. The van der Waals surface area contributed by atoms with Crippen molar-refractivity contribution < 1.29 is 19.0 Å². The number of carbonyl (C=O) groups is 1. The molecule has 2 aliphatic rings. The number of hydrogen-bond acceptors (Lipinski definition) is 4. The van der Waals surface area contributed by atoms with E-state index >= 15 is 0 Å². The number of ketones is 1. The van der Waals surface area contributed by atoms with Crippen LogP contribution in [-0.2, 0) is 19.0 Å². The summed E-state index contributed by atoms with van der Waals surface area (Å²) in [6, 6.07) is 0. The Balaban J connectivity index is 1.83. The van der Waals surface area contributed by atoms with E-state index in [0.717, 1.165) is 76.1 Å². The van der Waals surface area contributed by atoms with Crippen LogP contribution in [0.3, 0.4) is 0 Å². The molecule has 0 aromatic carbocycles. The summed E-state index contributed by atoms with van der Waals surface area (Å²) >= 11 is 0. The molecule has 0 radical (unpaired) electrons. The average Bonchev–Trinajstić information content (AvgIpc) is 3.25. The molecular formula is C56H102O4. The smallest absolute Gasteiger partial charge is 0.132 e. The fourth-order valence-corrected chi connectivity index (χ4v) is 9.54. The molecule has 1 heterocycles. The SMILES string of the molecule is C=C(CC1OC(CCC(CCCCCCCCC)OCCCCCCCC)C=CC1CCC(=O)CCCCCCC/C=C\CCCCCCCC)OC1CCC(CC)CC1. The third-order valence-electron chi connectivity index (χ3n) is 13.8. The monoisotopic (exact) mass is 839 g/mol. The molecule has 1 aliphatic carbocycles. The van der Waals surface area contributed by atoms with Crippen molar-refractivity contribution in [3.63, 3.8) is 0 Å². The number of unbranched alkanes of at least 4 members (excludes halogenated alkanes) is 22. The molecule has 0 bridgehead atoms. The standard InChI is InChI=1S/C56H102O4/c1-6-10-13-16-19-20-21-22-23-24-25-26-28-29-32-35-52(57)41-39-51-40-44-55(60-56(51)48-49(5)59-54-42-37-50(9-4)38-43-54)46-45-53(36-33-30-27-17-14-11-7-2)58-47-34-31-18-15-12-8-3/h22-23,40,44,50-51,53-56H,5-21,24-39,41-43,45-48H2,1-4H3/b23-22-. The van der Waals surface area contributed by atoms with Crippen molar-refractivity contribution >= 4 is 5.78 Å². The molecule has 60 heavy (non-hydrogen) atoms. The Morgan fingerprint density at radius 2 is 1.18 bits per heavy atom. The minimum Gasteiger partial charge on any atom is -0.495 e. The highest BCUT2D eigenvalue weighted by Gasteiger charge is 2.30. The number of Topliss-reactive ketones (excluding diaryl/α,β-unsaturated/α-hetero) is 1. The Morgan fingerprint density at radius 3 is 1.78 bits per heavy atom. The maximum atomic E-state index is 13.1. The predicted molar refractivity (Wildman–Crippen MR) is 261 cm³/mol. The van der Waals surface area contributed by atoms with E-state index in [4.69, 9.17) is 14.2 Å². The minimum absolute atomic E-state index is 0.0118. The third kappa shape index (κ3) is 29.8. The highest BCUT2D eigenvalue weighted by Crippen LogP contribution is 2.33. The van der Waals surface area contributed by atoms with Gasteiger partial charge >= 0.3 is 0 Å². The van der Waals surface area contributed by atoms with E-state index < -0.39 is 0 Å². The van der Waals surface area contributed by atoms with Gasteiger partial charge in [-0.3, -0.25) is 4.79 Å². The van der Waals surface area contributed by atoms with Gasteiger partial charge in [-0.05, 0) is 95.8 Å². The Morgan fingerprint density at radius 1 is 0.633 bits per heavy atom. The quantitative estimate of drug-likeness (QED) is 0.0349. The van der Waals surface area contributed by atoms with Crippen molar-refractivity contribution in [1.29, 1.82) is 0 Å². The van der Waals surface area contributed by atoms with Crippen LogP contribution in [-0.4, -0.2) is 36.8 Å². The largest absolute Gasteiger partial charge is 0.495 e. The molecule has 0 aromatic heterocycles. The van der Waals surface area contributed by atoms with E-state index in [1.54, 1.807) is 0 Å². The van der Waals surface area contributed by atoms with Crippen molar-refractivity contribution in [2.75, 3.05) is 6.61 Å². The number of allylic oxidation sites excluding steroid dienone is 2. The van der Waals surface area contributed by atoms with Crippen molar-refractivity contribution in [1.82, 2.24) is 0 Å². The zero-order valence-corrected chi connectivity index (χ0v) is 40.7. The lowest BCUT2D eigenvalue weighted by atomic mass is 9.85. The Kier molecular flexibility index (Phi) is 35.8. The summed E-state index contributed by atoms with van der Waals surface area (Å²) in [6.45, 7) is 14.5. The second-order valence-corrected chi connectivity index (χ2v) is 19.3. The van der Waals surface area contributed by atoms with E-state index in [1.807, 2.05) is 0 Å². The molecule has 350 valence electrons. The van der Waals surface area contributed by atoms with Crippen LogP contribution in [0.4, 0.5) is 0 Å². The fraction of sp³-hybridized carbons (Fsp3) is 0.875. The molecule has 4 nitrogen and oxygen atoms in total. The van der Waals surface area contributed by atoms with Gasteiger partial charge in [0.1, 0.15) is 5.78 Å². The van der Waals surface area contributed by atoms with Crippen LogP contribution in [0.2, 0.25) is 0 Å². The highest BCUT2D eigenvalue weighted by atomic mass is 16.5. The molecule has 4 heteroatoms. The molecule has 0 N–H and O–H groups in total. The summed E-state index contributed by atoms with van der Waals surface area (Å²) < 4.78 is 20.0. The first-order chi connectivity index (χ1) is 29.5. The van der Waals surface area contributed by atoms with Gasteiger partial charge in [-0.2, -0.15) is 0 Å². The second kappa shape index (κ2) is 39.2. The molecular weight excluding hydrogens is 737 g/mol. The molecule has 4 atom stereocenters. The number of carbonyl (C=O) groups excluding carboxylic acids is 1. The topological polar surface area (TPSA) is 44.8 Å². The van der Waals surface area contributed by atoms with Gasteiger partial charge in [-0.1, -0.05) is 193 Å². The molecule has 0 saturated heterocycles. The van der Waals surface area contributed by atoms with E-state index in [-0.39, 0.29) is 24.2 Å². The van der Waals surface area contributed by atoms with Gasteiger partial charge in [0.25, 0.3) is 0 Å². The molecule has 1 saturated carbocycles. The van der Waals surface area contributed by atoms with Crippen LogP contribution in [0.1, 0.15) is 272 Å². The van der Waals surface area contributed by atoms with Crippen LogP contribution in [0.5, 0.6) is 0 Å². The molecule has 0 spiro atoms.